The summed E-state index contributed by atoms with van der Waals surface area (Å²) in [6.07, 6.45) is -2.30. The summed E-state index contributed by atoms with van der Waals surface area (Å²) in [6, 6.07) is -1.60. The topological polar surface area (TPSA) is 357 Å². The number of carbonyl (C=O) groups excluding carboxylic acids is 6. The zero-order chi connectivity index (χ0) is 36.6. The largest absolute Gasteiger partial charge is 0.508 e. The summed E-state index contributed by atoms with van der Waals surface area (Å²) in [6.45, 7) is 1.83. The Morgan fingerprint density at radius 3 is 1.85 bits per heavy atom. The van der Waals surface area contributed by atoms with Crippen molar-refractivity contribution in [2.75, 3.05) is 13.1 Å². The molecule has 1 aromatic carbocycles. The van der Waals surface area contributed by atoms with Gasteiger partial charge in [-0.05, 0) is 44.4 Å². The van der Waals surface area contributed by atoms with Gasteiger partial charge in [0.25, 0.3) is 0 Å². The van der Waals surface area contributed by atoms with Gasteiger partial charge in [-0.25, -0.2) is 0 Å². The summed E-state index contributed by atoms with van der Waals surface area (Å²) in [5.41, 5.74) is 22.0. The Hall–Kier alpha value is -5.50. The van der Waals surface area contributed by atoms with E-state index in [-0.39, 0.29) is 37.5 Å². The van der Waals surface area contributed by atoms with Gasteiger partial charge < -0.3 is 64.8 Å². The number of aliphatic carboxylic acids is 1. The smallest absolute Gasteiger partial charge is 0.322 e. The van der Waals surface area contributed by atoms with Crippen LogP contribution >= 0.6 is 0 Å². The molecule has 0 aromatic heterocycles. The number of aliphatic imine (C=N–C) groups is 1. The van der Waals surface area contributed by atoms with Gasteiger partial charge in [0, 0.05) is 13.0 Å². The minimum atomic E-state index is -1.66. The van der Waals surface area contributed by atoms with Crippen LogP contribution in [0.25, 0.3) is 0 Å². The lowest BCUT2D eigenvalue weighted by molar-refractivity contribution is -0.139. The fourth-order valence-electron chi connectivity index (χ4n) is 4.04. The molecule has 48 heavy (non-hydrogen) atoms. The third-order valence-corrected chi connectivity index (χ3v) is 6.52. The van der Waals surface area contributed by atoms with Gasteiger partial charge in [0.15, 0.2) is 5.96 Å². The molecule has 0 aliphatic rings. The number of aromatic hydroxyl groups is 1. The number of nitrogens with one attached hydrogen (secondary N) is 5. The molecule has 0 heterocycles. The van der Waals surface area contributed by atoms with Gasteiger partial charge in [0.2, 0.25) is 35.4 Å². The maximum absolute atomic E-state index is 13.5. The van der Waals surface area contributed by atoms with Crippen LogP contribution in [0.1, 0.15) is 38.7 Å². The van der Waals surface area contributed by atoms with Crippen LogP contribution in [0.2, 0.25) is 0 Å². The Morgan fingerprint density at radius 1 is 0.792 bits per heavy atom. The Labute approximate surface area is 275 Å². The van der Waals surface area contributed by atoms with E-state index in [0.29, 0.717) is 5.56 Å². The summed E-state index contributed by atoms with van der Waals surface area (Å²) in [5, 5.41) is 40.1. The number of aliphatic hydroxyl groups excluding tert-OH is 1. The molecule has 0 aliphatic carbocycles. The lowest BCUT2D eigenvalue weighted by Crippen LogP contribution is -2.61. The Balaban J connectivity index is 3.32. The number of primary amides is 1. The number of nitrogens with zero attached hydrogens (tertiary/aromatic N) is 1. The molecule has 0 radical (unpaired) electrons. The minimum absolute atomic E-state index is 0.0114. The number of phenols is 1. The molecule has 0 bridgehead atoms. The van der Waals surface area contributed by atoms with E-state index < -0.39 is 90.7 Å². The molecule has 1 aromatic rings. The van der Waals surface area contributed by atoms with Crippen LogP contribution in [-0.4, -0.2) is 112 Å². The van der Waals surface area contributed by atoms with Gasteiger partial charge in [-0.3, -0.25) is 38.6 Å². The highest BCUT2D eigenvalue weighted by Crippen LogP contribution is 2.12. The molecule has 0 saturated heterocycles. The monoisotopic (exact) mass is 680 g/mol. The van der Waals surface area contributed by atoms with E-state index in [1.54, 1.807) is 0 Å². The molecular weight excluding hydrogens is 636 g/mol. The number of hydrogen-bond acceptors (Lipinski definition) is 11. The molecule has 6 atom stereocenters. The second-order valence-electron chi connectivity index (χ2n) is 10.8. The molecule has 20 nitrogen and oxygen atoms in total. The predicted molar refractivity (Wildman–Crippen MR) is 169 cm³/mol. The molecule has 0 aliphatic heterocycles. The van der Waals surface area contributed by atoms with Crippen LogP contribution in [0.15, 0.2) is 29.3 Å². The number of rotatable bonds is 20. The van der Waals surface area contributed by atoms with Crippen LogP contribution in [0.5, 0.6) is 5.75 Å². The average Bonchev–Trinajstić information content (AvgIpc) is 2.99. The molecule has 0 fully saturated rings. The summed E-state index contributed by atoms with van der Waals surface area (Å²) < 4.78 is 0. The Morgan fingerprint density at radius 2 is 1.33 bits per heavy atom. The summed E-state index contributed by atoms with van der Waals surface area (Å²) in [4.78, 5) is 91.6. The van der Waals surface area contributed by atoms with E-state index in [4.69, 9.17) is 28.0 Å². The molecular formula is C28H44N10O10. The lowest BCUT2D eigenvalue weighted by Gasteiger charge is -2.27. The summed E-state index contributed by atoms with van der Waals surface area (Å²) >= 11 is 0. The number of nitrogens with two attached hydrogens (primary N) is 4. The van der Waals surface area contributed by atoms with Crippen molar-refractivity contribution in [2.45, 2.75) is 75.8 Å². The third-order valence-electron chi connectivity index (χ3n) is 6.52. The molecule has 266 valence electrons. The van der Waals surface area contributed by atoms with Crippen molar-refractivity contribution in [2.24, 2.45) is 27.9 Å². The molecule has 6 amide bonds. The minimum Gasteiger partial charge on any atom is -0.508 e. The average molecular weight is 681 g/mol. The highest BCUT2D eigenvalue weighted by Gasteiger charge is 2.33. The first-order chi connectivity index (χ1) is 22.4. The molecule has 16 N–H and O–H groups in total. The van der Waals surface area contributed by atoms with Gasteiger partial charge >= 0.3 is 5.97 Å². The van der Waals surface area contributed by atoms with Crippen LogP contribution in [0.4, 0.5) is 0 Å². The van der Waals surface area contributed by atoms with E-state index in [0.717, 1.165) is 6.92 Å². The number of phenolic OH excluding ortho intramolecular Hbond substituents is 1. The second kappa shape index (κ2) is 19.9. The molecule has 0 unspecified atom stereocenters. The van der Waals surface area contributed by atoms with Gasteiger partial charge in [-0.1, -0.05) is 12.1 Å². The van der Waals surface area contributed by atoms with E-state index in [9.17, 15) is 43.8 Å². The number of amides is 6. The number of carboxylic acids is 1. The molecule has 0 spiro atoms. The number of benzene rings is 1. The maximum atomic E-state index is 13.5. The fourth-order valence-corrected chi connectivity index (χ4v) is 4.04. The van der Waals surface area contributed by atoms with E-state index >= 15 is 0 Å². The number of carbonyl (C=O) groups is 7. The first kappa shape index (κ1) is 40.5. The molecule has 1 rings (SSSR count). The first-order valence-electron chi connectivity index (χ1n) is 14.7. The van der Waals surface area contributed by atoms with Gasteiger partial charge in [-0.15, -0.1) is 0 Å². The van der Waals surface area contributed by atoms with Crippen molar-refractivity contribution >= 4 is 47.4 Å². The fraction of sp³-hybridized carbons (Fsp3) is 0.500. The first-order valence-corrected chi connectivity index (χ1v) is 14.7. The molecule has 0 saturated carbocycles. The van der Waals surface area contributed by atoms with Crippen molar-refractivity contribution in [1.29, 1.82) is 0 Å². The van der Waals surface area contributed by atoms with E-state index in [2.05, 4.69) is 26.3 Å². The number of guanidine groups is 1. The Kier molecular flexibility index (Phi) is 16.8. The van der Waals surface area contributed by atoms with Crippen LogP contribution in [0.3, 0.4) is 0 Å². The normalized spacial score (nSPS) is 14.4. The lowest BCUT2D eigenvalue weighted by atomic mass is 10.0. The standard InChI is InChI=1S/C28H44N10O10/c1-13(29)23(44)35-17(4-3-9-33-28(31)32)24(45)37-19(11-20(30)41)25(46)36-18(10-15-5-7-16(40)8-6-15)26(47)38-22(14(2)39)27(48)34-12-21(42)43/h5-8,13-14,17-19,22,39-40H,3-4,9-12,29H2,1-2H3,(H2,30,41)(H,34,48)(H,35,44)(H,36,46)(H,37,45)(H,38,47)(H,42,43)(H4,31,32,33)/t13-,14+,17-,18-,19-,22-/m0/s1. The highest BCUT2D eigenvalue weighted by atomic mass is 16.4. The van der Waals surface area contributed by atoms with Crippen molar-refractivity contribution < 1.29 is 48.9 Å². The van der Waals surface area contributed by atoms with Crippen molar-refractivity contribution in [3.05, 3.63) is 29.8 Å². The van der Waals surface area contributed by atoms with E-state index in [1.807, 2.05) is 5.32 Å². The second-order valence-corrected chi connectivity index (χ2v) is 10.8. The van der Waals surface area contributed by atoms with E-state index in [1.165, 1.54) is 31.2 Å². The summed E-state index contributed by atoms with van der Waals surface area (Å²) in [5.74, 6) is -7.40. The van der Waals surface area contributed by atoms with Crippen LogP contribution < -0.4 is 49.5 Å². The predicted octanol–water partition coefficient (Wildman–Crippen LogP) is -5.27. The van der Waals surface area contributed by atoms with Gasteiger partial charge in [0.05, 0.1) is 18.6 Å². The highest BCUT2D eigenvalue weighted by molar-refractivity contribution is 5.97. The van der Waals surface area contributed by atoms with Gasteiger partial charge in [0.1, 0.15) is 36.5 Å². The number of carboxylic acid groups (broad SMARTS) is 1. The van der Waals surface area contributed by atoms with Crippen molar-refractivity contribution in [3.8, 4) is 5.75 Å². The van der Waals surface area contributed by atoms with Crippen molar-refractivity contribution in [1.82, 2.24) is 26.6 Å². The summed E-state index contributed by atoms with van der Waals surface area (Å²) in [7, 11) is 0. The quantitative estimate of drug-likeness (QED) is 0.0348. The van der Waals surface area contributed by atoms with Crippen molar-refractivity contribution in [3.63, 3.8) is 0 Å². The Bertz CT molecular complexity index is 1330. The third kappa shape index (κ3) is 15.2. The maximum Gasteiger partial charge on any atom is 0.322 e. The number of hydrogen-bond donors (Lipinski definition) is 12. The zero-order valence-corrected chi connectivity index (χ0v) is 26.5. The number of aliphatic hydroxyl groups is 1. The van der Waals surface area contributed by atoms with Crippen LogP contribution in [0, 0.1) is 0 Å². The zero-order valence-electron chi connectivity index (χ0n) is 26.5. The molecule has 20 heteroatoms. The van der Waals surface area contributed by atoms with Gasteiger partial charge in [-0.2, -0.15) is 0 Å². The SMILES string of the molecule is C[C@H](N)C(=O)N[C@@H](CCCN=C(N)N)C(=O)N[C@@H](CC(N)=O)C(=O)N[C@@H](Cc1ccc(O)cc1)C(=O)N[C@H](C(=O)NCC(=O)O)[C@@H](C)O. The van der Waals surface area contributed by atoms with Crippen LogP contribution in [-0.2, 0) is 40.0 Å².